The van der Waals surface area contributed by atoms with Crippen molar-refractivity contribution in [3.05, 3.63) is 35.5 Å². The van der Waals surface area contributed by atoms with Crippen molar-refractivity contribution in [2.45, 2.75) is 12.5 Å². The van der Waals surface area contributed by atoms with Gasteiger partial charge in [0, 0.05) is 11.6 Å². The number of hydrogen-bond acceptors (Lipinski definition) is 4. The number of carbonyl (C=O) groups is 1. The number of nitrogens with one attached hydrogen (secondary N) is 1. The molecular weight excluding hydrogens is 294 g/mol. The number of rotatable bonds is 5. The molecule has 1 atom stereocenters. The van der Waals surface area contributed by atoms with Crippen molar-refractivity contribution in [2.75, 3.05) is 17.3 Å². The molecule has 0 aliphatic carbocycles. The van der Waals surface area contributed by atoms with E-state index in [0.717, 1.165) is 11.1 Å². The normalized spacial score (nSPS) is 12.3. The Morgan fingerprint density at radius 2 is 2.30 bits per heavy atom. The first-order chi connectivity index (χ1) is 9.63. The van der Waals surface area contributed by atoms with E-state index >= 15 is 0 Å². The number of hydrogen-bond donors (Lipinski definition) is 2. The highest BCUT2D eigenvalue weighted by Gasteiger charge is 2.15. The van der Waals surface area contributed by atoms with Crippen molar-refractivity contribution < 1.29 is 4.79 Å². The van der Waals surface area contributed by atoms with Crippen LogP contribution in [0.15, 0.2) is 30.5 Å². The molecule has 0 saturated carbocycles. The summed E-state index contributed by atoms with van der Waals surface area (Å²) in [4.78, 5) is 16.3. The largest absolute Gasteiger partial charge is 0.324 e. The highest BCUT2D eigenvalue weighted by molar-refractivity contribution is 7.98. The van der Waals surface area contributed by atoms with E-state index in [1.54, 1.807) is 30.1 Å². The van der Waals surface area contributed by atoms with Crippen molar-refractivity contribution in [3.63, 3.8) is 0 Å². The van der Waals surface area contributed by atoms with Gasteiger partial charge in [-0.05, 0) is 42.7 Å². The number of pyridine rings is 1. The van der Waals surface area contributed by atoms with Crippen molar-refractivity contribution in [1.29, 1.82) is 0 Å². The van der Waals surface area contributed by atoms with Crippen LogP contribution in [0.1, 0.15) is 6.42 Å². The molecule has 20 heavy (non-hydrogen) atoms. The first kappa shape index (κ1) is 15.1. The van der Waals surface area contributed by atoms with Crippen molar-refractivity contribution in [2.24, 2.45) is 5.73 Å². The Bertz CT molecular complexity index is 620. The molecule has 1 aromatic heterocycles. The van der Waals surface area contributed by atoms with Gasteiger partial charge in [-0.25, -0.2) is 0 Å². The molecular formula is C14H16ClN3OS. The molecule has 2 rings (SSSR count). The minimum Gasteiger partial charge on any atom is -0.324 e. The van der Waals surface area contributed by atoms with Crippen molar-refractivity contribution in [1.82, 2.24) is 4.98 Å². The Morgan fingerprint density at radius 1 is 1.50 bits per heavy atom. The molecule has 106 valence electrons. The fraction of sp³-hybridized carbons (Fsp3) is 0.286. The summed E-state index contributed by atoms with van der Waals surface area (Å²) in [6.07, 6.45) is 4.31. The molecule has 0 radical (unpaired) electrons. The Balaban J connectivity index is 2.22. The summed E-state index contributed by atoms with van der Waals surface area (Å²) in [7, 11) is 0. The minimum absolute atomic E-state index is 0.188. The summed E-state index contributed by atoms with van der Waals surface area (Å²) >= 11 is 7.76. The van der Waals surface area contributed by atoms with Gasteiger partial charge >= 0.3 is 0 Å². The lowest BCUT2D eigenvalue weighted by atomic mass is 10.1. The zero-order valence-corrected chi connectivity index (χ0v) is 12.7. The quantitative estimate of drug-likeness (QED) is 0.891. The minimum atomic E-state index is -0.509. The van der Waals surface area contributed by atoms with E-state index in [1.165, 1.54) is 0 Å². The Hall–Kier alpha value is -1.30. The predicted molar refractivity (Wildman–Crippen MR) is 86.4 cm³/mol. The van der Waals surface area contributed by atoms with Gasteiger partial charge in [-0.1, -0.05) is 11.6 Å². The van der Waals surface area contributed by atoms with E-state index in [1.807, 2.05) is 18.4 Å². The molecule has 0 bridgehead atoms. The maximum atomic E-state index is 12.0. The molecule has 0 spiro atoms. The summed E-state index contributed by atoms with van der Waals surface area (Å²) in [5.74, 6) is 0.670. The van der Waals surface area contributed by atoms with Crippen LogP contribution in [0.2, 0.25) is 5.02 Å². The molecule has 0 fully saturated rings. The number of halogens is 1. The predicted octanol–water partition coefficient (Wildman–Crippen LogP) is 2.91. The topological polar surface area (TPSA) is 68.0 Å². The number of aromatic nitrogens is 1. The van der Waals surface area contributed by atoms with Gasteiger partial charge in [-0.15, -0.1) is 0 Å². The number of nitrogens with two attached hydrogens (primary N) is 1. The van der Waals surface area contributed by atoms with E-state index in [0.29, 0.717) is 22.6 Å². The maximum Gasteiger partial charge on any atom is 0.241 e. The second-order valence-electron chi connectivity index (χ2n) is 4.37. The zero-order chi connectivity index (χ0) is 14.5. The highest BCUT2D eigenvalue weighted by atomic mass is 35.5. The number of amides is 1. The van der Waals surface area contributed by atoms with Crippen molar-refractivity contribution >= 4 is 45.9 Å². The summed E-state index contributed by atoms with van der Waals surface area (Å²) in [5, 5.41) is 4.22. The first-order valence-corrected chi connectivity index (χ1v) is 7.99. The SMILES string of the molecule is CSCC[C@@H](N)C(=O)Nc1ccc(Cl)c2ncccc12. The van der Waals surface area contributed by atoms with Crippen LogP contribution in [-0.2, 0) is 4.79 Å². The monoisotopic (exact) mass is 309 g/mol. The standard InChI is InChI=1S/C14H16ClN3OS/c1-20-8-6-11(16)14(19)18-12-5-4-10(15)13-9(12)3-2-7-17-13/h2-5,7,11H,6,8,16H2,1H3,(H,18,19)/t11-/m1/s1. The number of fused-ring (bicyclic) bond motifs is 1. The number of nitrogens with zero attached hydrogens (tertiary/aromatic N) is 1. The van der Waals surface area contributed by atoms with E-state index in [2.05, 4.69) is 10.3 Å². The number of benzene rings is 1. The van der Waals surface area contributed by atoms with Crippen LogP contribution in [0.5, 0.6) is 0 Å². The molecule has 2 aromatic rings. The van der Waals surface area contributed by atoms with Gasteiger partial charge in [-0.2, -0.15) is 11.8 Å². The molecule has 4 nitrogen and oxygen atoms in total. The summed E-state index contributed by atoms with van der Waals surface area (Å²) < 4.78 is 0. The molecule has 1 amide bonds. The maximum absolute atomic E-state index is 12.0. The van der Waals surface area contributed by atoms with Gasteiger partial charge in [0.1, 0.15) is 0 Å². The molecule has 1 aromatic carbocycles. The van der Waals surface area contributed by atoms with Gasteiger partial charge in [0.15, 0.2) is 0 Å². The van der Waals surface area contributed by atoms with Crippen LogP contribution in [-0.4, -0.2) is 28.9 Å². The fourth-order valence-corrected chi connectivity index (χ4v) is 2.55. The Morgan fingerprint density at radius 3 is 3.05 bits per heavy atom. The van der Waals surface area contributed by atoms with Gasteiger partial charge in [0.25, 0.3) is 0 Å². The molecule has 0 unspecified atom stereocenters. The third kappa shape index (κ3) is 3.42. The lowest BCUT2D eigenvalue weighted by molar-refractivity contribution is -0.117. The first-order valence-electron chi connectivity index (χ1n) is 6.22. The lowest BCUT2D eigenvalue weighted by Crippen LogP contribution is -2.36. The molecule has 1 heterocycles. The van der Waals surface area contributed by atoms with Crippen LogP contribution < -0.4 is 11.1 Å². The summed E-state index contributed by atoms with van der Waals surface area (Å²) in [5.41, 5.74) is 7.21. The molecule has 0 aliphatic heterocycles. The van der Waals surface area contributed by atoms with E-state index in [-0.39, 0.29) is 5.91 Å². The third-order valence-electron chi connectivity index (χ3n) is 2.95. The van der Waals surface area contributed by atoms with E-state index in [4.69, 9.17) is 17.3 Å². The van der Waals surface area contributed by atoms with Crippen LogP contribution in [0.25, 0.3) is 10.9 Å². The van der Waals surface area contributed by atoms with Gasteiger partial charge in [0.05, 0.1) is 22.3 Å². The summed E-state index contributed by atoms with van der Waals surface area (Å²) in [6, 6.07) is 6.66. The molecule has 3 N–H and O–H groups in total. The average molecular weight is 310 g/mol. The van der Waals surface area contributed by atoms with Crippen LogP contribution in [0, 0.1) is 0 Å². The second-order valence-corrected chi connectivity index (χ2v) is 5.76. The van der Waals surface area contributed by atoms with Crippen LogP contribution >= 0.6 is 23.4 Å². The molecule has 0 saturated heterocycles. The number of anilines is 1. The fourth-order valence-electron chi connectivity index (χ4n) is 1.85. The van der Waals surface area contributed by atoms with E-state index in [9.17, 15) is 4.79 Å². The van der Waals surface area contributed by atoms with E-state index < -0.39 is 6.04 Å². The average Bonchev–Trinajstić information content (AvgIpc) is 2.47. The second kappa shape index (κ2) is 6.92. The van der Waals surface area contributed by atoms with Gasteiger partial charge < -0.3 is 11.1 Å². The molecule has 6 heteroatoms. The third-order valence-corrected chi connectivity index (χ3v) is 3.90. The van der Waals surface area contributed by atoms with Gasteiger partial charge in [0.2, 0.25) is 5.91 Å². The van der Waals surface area contributed by atoms with Crippen molar-refractivity contribution in [3.8, 4) is 0 Å². The Kier molecular flexibility index (Phi) is 5.23. The lowest BCUT2D eigenvalue weighted by Gasteiger charge is -2.13. The smallest absolute Gasteiger partial charge is 0.241 e. The number of carbonyl (C=O) groups excluding carboxylic acids is 1. The van der Waals surface area contributed by atoms with Crippen LogP contribution in [0.4, 0.5) is 5.69 Å². The highest BCUT2D eigenvalue weighted by Crippen LogP contribution is 2.28. The van der Waals surface area contributed by atoms with Gasteiger partial charge in [-0.3, -0.25) is 9.78 Å². The zero-order valence-electron chi connectivity index (χ0n) is 11.1. The molecule has 0 aliphatic rings. The van der Waals surface area contributed by atoms with Crippen LogP contribution in [0.3, 0.4) is 0 Å². The number of thioether (sulfide) groups is 1. The summed E-state index contributed by atoms with van der Waals surface area (Å²) in [6.45, 7) is 0. The Labute approximate surface area is 127 Å².